The number of halogens is 2. The zero-order valence-electron chi connectivity index (χ0n) is 8.93. The van der Waals surface area contributed by atoms with E-state index in [-0.39, 0.29) is 6.10 Å². The van der Waals surface area contributed by atoms with E-state index < -0.39 is 34.1 Å². The molecule has 1 aliphatic heterocycles. The van der Waals surface area contributed by atoms with E-state index in [1.54, 1.807) is 0 Å². The minimum absolute atomic E-state index is 0.146. The molecule has 2 unspecified atom stereocenters. The molecule has 0 radical (unpaired) electrons. The number of esters is 1. The summed E-state index contributed by atoms with van der Waals surface area (Å²) in [6.07, 6.45) is 0.913. The molecule has 100 valence electrons. The van der Waals surface area contributed by atoms with Crippen molar-refractivity contribution >= 4 is 16.1 Å². The number of rotatable bonds is 6. The molecule has 17 heavy (non-hydrogen) atoms. The summed E-state index contributed by atoms with van der Waals surface area (Å²) in [5.41, 5.74) is 0. The maximum Gasteiger partial charge on any atom is 0.465 e. The van der Waals surface area contributed by atoms with Crippen LogP contribution in [0.2, 0.25) is 0 Å². The molecule has 0 amide bonds. The Balaban J connectivity index is 2.41. The third-order valence-electron chi connectivity index (χ3n) is 2.20. The quantitative estimate of drug-likeness (QED) is 0.432. The van der Waals surface area contributed by atoms with Gasteiger partial charge in [-0.3, -0.25) is 4.55 Å². The Labute approximate surface area is 96.6 Å². The molecule has 0 spiro atoms. The molecule has 0 aromatic carbocycles. The van der Waals surface area contributed by atoms with Gasteiger partial charge in [0.05, 0.1) is 6.10 Å². The summed E-state index contributed by atoms with van der Waals surface area (Å²) in [5.74, 6) is -2.30. The lowest BCUT2D eigenvalue weighted by molar-refractivity contribution is -0.161. The van der Waals surface area contributed by atoms with Crippen molar-refractivity contribution in [1.29, 1.82) is 0 Å². The maximum atomic E-state index is 12.7. The first kappa shape index (κ1) is 14.3. The molecule has 0 bridgehead atoms. The highest BCUT2D eigenvalue weighted by Gasteiger charge is 2.54. The third kappa shape index (κ3) is 3.33. The van der Waals surface area contributed by atoms with Crippen molar-refractivity contribution in [3.05, 3.63) is 0 Å². The van der Waals surface area contributed by atoms with Gasteiger partial charge < -0.3 is 9.47 Å². The van der Waals surface area contributed by atoms with Crippen molar-refractivity contribution < 1.29 is 36.0 Å². The van der Waals surface area contributed by atoms with Gasteiger partial charge in [0.2, 0.25) is 0 Å². The van der Waals surface area contributed by atoms with E-state index in [2.05, 4.69) is 4.74 Å². The van der Waals surface area contributed by atoms with Crippen LogP contribution in [0, 0.1) is 0 Å². The van der Waals surface area contributed by atoms with Gasteiger partial charge in [0, 0.05) is 0 Å². The lowest BCUT2D eigenvalue weighted by atomic mass is 10.2. The van der Waals surface area contributed by atoms with Crippen molar-refractivity contribution in [1.82, 2.24) is 0 Å². The van der Waals surface area contributed by atoms with Crippen LogP contribution in [0.1, 0.15) is 19.8 Å². The van der Waals surface area contributed by atoms with E-state index in [9.17, 15) is 22.0 Å². The highest BCUT2D eigenvalue weighted by Crippen LogP contribution is 2.28. The van der Waals surface area contributed by atoms with Crippen LogP contribution in [0.3, 0.4) is 0 Å². The van der Waals surface area contributed by atoms with Gasteiger partial charge in [-0.2, -0.15) is 17.2 Å². The van der Waals surface area contributed by atoms with Gasteiger partial charge in [-0.25, -0.2) is 4.79 Å². The molecule has 1 heterocycles. The molecular weight excluding hydrogens is 262 g/mol. The van der Waals surface area contributed by atoms with Gasteiger partial charge in [-0.15, -0.1) is 0 Å². The van der Waals surface area contributed by atoms with Crippen LogP contribution in [-0.2, 0) is 24.4 Å². The molecule has 1 rings (SSSR count). The van der Waals surface area contributed by atoms with Gasteiger partial charge in [0.15, 0.2) is 0 Å². The fourth-order valence-electron chi connectivity index (χ4n) is 1.21. The van der Waals surface area contributed by atoms with E-state index in [1.165, 1.54) is 0 Å². The highest BCUT2D eigenvalue weighted by molar-refractivity contribution is 7.87. The molecular formula is C8H12F2O6S. The third-order valence-corrected chi connectivity index (χ3v) is 3.02. The summed E-state index contributed by atoms with van der Waals surface area (Å²) >= 11 is 0. The van der Waals surface area contributed by atoms with Crippen molar-refractivity contribution in [3.63, 3.8) is 0 Å². The number of epoxide rings is 1. The second kappa shape index (κ2) is 4.83. The van der Waals surface area contributed by atoms with Crippen LogP contribution in [0.4, 0.5) is 8.78 Å². The monoisotopic (exact) mass is 274 g/mol. The molecule has 0 aromatic rings. The van der Waals surface area contributed by atoms with Crippen LogP contribution in [0.5, 0.6) is 0 Å². The normalized spacial score (nSPS) is 24.5. The van der Waals surface area contributed by atoms with Crippen molar-refractivity contribution in [2.45, 2.75) is 37.2 Å². The van der Waals surface area contributed by atoms with Crippen LogP contribution in [0.25, 0.3) is 0 Å². The fraction of sp³-hybridized carbons (Fsp3) is 0.875. The minimum Gasteiger partial charge on any atom is -0.457 e. The topological polar surface area (TPSA) is 93.2 Å². The molecule has 0 saturated carbocycles. The Morgan fingerprint density at radius 2 is 2.06 bits per heavy atom. The zero-order chi connectivity index (χ0) is 13.3. The van der Waals surface area contributed by atoms with Gasteiger partial charge >= 0.3 is 21.3 Å². The highest BCUT2D eigenvalue weighted by atomic mass is 32.2. The molecule has 1 N–H and O–H groups in total. The van der Waals surface area contributed by atoms with Crippen molar-refractivity contribution in [2.75, 3.05) is 6.61 Å². The number of hydrogen-bond acceptors (Lipinski definition) is 5. The Hall–Kier alpha value is -0.800. The molecule has 2 atom stereocenters. The van der Waals surface area contributed by atoms with E-state index in [0.717, 1.165) is 6.42 Å². The summed E-state index contributed by atoms with van der Waals surface area (Å²) < 4.78 is 62.9. The molecule has 6 nitrogen and oxygen atoms in total. The first-order valence-corrected chi connectivity index (χ1v) is 6.31. The standard InChI is InChI=1S/C8H12F2O6S/c1-2-3-5-6(16-5)4-15-7(11)8(9,10)17(12,13)14/h5-6H,2-4H2,1H3,(H,12,13,14). The van der Waals surface area contributed by atoms with E-state index >= 15 is 0 Å². The second-order valence-corrected chi connectivity index (χ2v) is 5.05. The largest absolute Gasteiger partial charge is 0.465 e. The smallest absolute Gasteiger partial charge is 0.457 e. The van der Waals surface area contributed by atoms with Gasteiger partial charge in [-0.05, 0) is 6.42 Å². The predicted molar refractivity (Wildman–Crippen MR) is 51.0 cm³/mol. The van der Waals surface area contributed by atoms with Crippen molar-refractivity contribution in [2.24, 2.45) is 0 Å². The lowest BCUT2D eigenvalue weighted by Crippen LogP contribution is -2.39. The maximum absolute atomic E-state index is 12.7. The summed E-state index contributed by atoms with van der Waals surface area (Å²) in [7, 11) is -5.80. The summed E-state index contributed by atoms with van der Waals surface area (Å²) in [6.45, 7) is 1.45. The number of hydrogen-bond donors (Lipinski definition) is 1. The Morgan fingerprint density at radius 3 is 2.53 bits per heavy atom. The van der Waals surface area contributed by atoms with Crippen LogP contribution < -0.4 is 0 Å². The minimum atomic E-state index is -5.80. The zero-order valence-corrected chi connectivity index (χ0v) is 9.75. The summed E-state index contributed by atoms with van der Waals surface area (Å²) in [5, 5.41) is -4.94. The molecule has 1 fully saturated rings. The molecule has 9 heteroatoms. The average molecular weight is 274 g/mol. The Bertz CT molecular complexity index is 393. The number of carbonyl (C=O) groups is 1. The van der Waals surface area contributed by atoms with E-state index in [4.69, 9.17) is 9.29 Å². The molecule has 0 aromatic heterocycles. The summed E-state index contributed by atoms with van der Waals surface area (Å²) in [4.78, 5) is 10.7. The van der Waals surface area contributed by atoms with E-state index in [0.29, 0.717) is 6.42 Å². The first-order valence-electron chi connectivity index (χ1n) is 4.87. The number of alkyl halides is 2. The van der Waals surface area contributed by atoms with Gasteiger partial charge in [0.1, 0.15) is 12.7 Å². The fourth-order valence-corrected chi connectivity index (χ4v) is 1.48. The number of ether oxygens (including phenoxy) is 2. The van der Waals surface area contributed by atoms with Crippen LogP contribution in [0.15, 0.2) is 0 Å². The summed E-state index contributed by atoms with van der Waals surface area (Å²) in [6, 6.07) is 0. The molecule has 1 saturated heterocycles. The van der Waals surface area contributed by atoms with Gasteiger partial charge in [0.25, 0.3) is 0 Å². The SMILES string of the molecule is CCCC1OC1COC(=O)C(F)(F)S(=O)(=O)O. The second-order valence-electron chi connectivity index (χ2n) is 3.59. The van der Waals surface area contributed by atoms with Crippen LogP contribution in [-0.4, -0.2) is 43.0 Å². The number of carbonyl (C=O) groups excluding carboxylic acids is 1. The Morgan fingerprint density at radius 1 is 1.47 bits per heavy atom. The van der Waals surface area contributed by atoms with Gasteiger partial charge in [-0.1, -0.05) is 13.3 Å². The van der Waals surface area contributed by atoms with Crippen molar-refractivity contribution in [3.8, 4) is 0 Å². The first-order chi connectivity index (χ1) is 7.70. The molecule has 1 aliphatic rings. The van der Waals surface area contributed by atoms with E-state index in [1.807, 2.05) is 6.92 Å². The predicted octanol–water partition coefficient (Wildman–Crippen LogP) is 0.578. The Kier molecular flexibility index (Phi) is 4.05. The average Bonchev–Trinajstić information content (AvgIpc) is 2.92. The molecule has 0 aliphatic carbocycles. The van der Waals surface area contributed by atoms with Crippen LogP contribution >= 0.6 is 0 Å². The lowest BCUT2D eigenvalue weighted by Gasteiger charge is -2.10.